The summed E-state index contributed by atoms with van der Waals surface area (Å²) in [7, 11) is 1.65. The first-order valence-corrected chi connectivity index (χ1v) is 10.1. The predicted octanol–water partition coefficient (Wildman–Crippen LogP) is 0.850. The molecule has 0 bridgehead atoms. The molecule has 1 aromatic heterocycles. The molecule has 1 aromatic carbocycles. The van der Waals surface area contributed by atoms with Gasteiger partial charge in [-0.1, -0.05) is 0 Å². The molecule has 2 aliphatic rings. The molecule has 2 atom stereocenters. The van der Waals surface area contributed by atoms with Crippen molar-refractivity contribution in [1.82, 2.24) is 9.24 Å². The predicted molar refractivity (Wildman–Crippen MR) is 110 cm³/mol. The van der Waals surface area contributed by atoms with Crippen LogP contribution in [0.25, 0.3) is 10.9 Å². The summed E-state index contributed by atoms with van der Waals surface area (Å²) >= 11 is 0. The highest BCUT2D eigenvalue weighted by atomic mass is 19.1. The summed E-state index contributed by atoms with van der Waals surface area (Å²) in [6, 6.07) is 1.21. The molecule has 0 spiro atoms. The number of aromatic nitrogens is 2. The molecule has 9 heteroatoms. The average Bonchev–Trinajstić information content (AvgIpc) is 3.42. The van der Waals surface area contributed by atoms with E-state index in [1.165, 1.54) is 6.07 Å². The van der Waals surface area contributed by atoms with E-state index in [9.17, 15) is 9.59 Å². The van der Waals surface area contributed by atoms with Crippen LogP contribution in [-0.4, -0.2) is 42.1 Å². The van der Waals surface area contributed by atoms with Gasteiger partial charge in [-0.15, -0.1) is 0 Å². The second kappa shape index (κ2) is 7.46. The maximum Gasteiger partial charge on any atom is 0.350 e. The fourth-order valence-corrected chi connectivity index (χ4v) is 4.55. The van der Waals surface area contributed by atoms with Gasteiger partial charge in [0.25, 0.3) is 5.56 Å². The minimum Gasteiger partial charge on any atom is -0.385 e. The second-order valence-corrected chi connectivity index (χ2v) is 8.23. The van der Waals surface area contributed by atoms with Crippen LogP contribution in [0.5, 0.6) is 0 Å². The van der Waals surface area contributed by atoms with Crippen LogP contribution in [0, 0.1) is 18.7 Å². The van der Waals surface area contributed by atoms with Crippen molar-refractivity contribution in [3.63, 3.8) is 0 Å². The van der Waals surface area contributed by atoms with Crippen LogP contribution in [0.3, 0.4) is 0 Å². The van der Waals surface area contributed by atoms with Gasteiger partial charge in [0.15, 0.2) is 0 Å². The number of nitrogen functional groups attached to an aromatic ring is 1. The van der Waals surface area contributed by atoms with Gasteiger partial charge in [-0.25, -0.2) is 9.18 Å². The zero-order valence-corrected chi connectivity index (χ0v) is 16.9. The fourth-order valence-electron chi connectivity index (χ4n) is 4.55. The third-order valence-corrected chi connectivity index (χ3v) is 6.28. The Morgan fingerprint density at radius 3 is 2.69 bits per heavy atom. The first-order chi connectivity index (χ1) is 13.8. The molecular formula is C20H28FN5O3. The highest BCUT2D eigenvalue weighted by molar-refractivity contribution is 5.87. The Balaban J connectivity index is 1.79. The second-order valence-electron chi connectivity index (χ2n) is 8.23. The lowest BCUT2D eigenvalue weighted by molar-refractivity contribution is 0.180. The molecule has 158 valence electrons. The third-order valence-electron chi connectivity index (χ3n) is 6.28. The summed E-state index contributed by atoms with van der Waals surface area (Å²) in [6.45, 7) is 3.68. The number of aryl methyl sites for hydroxylation is 1. The molecule has 1 saturated heterocycles. The van der Waals surface area contributed by atoms with Crippen molar-refractivity contribution in [2.75, 3.05) is 37.5 Å². The number of methoxy groups -OCH3 is 1. The summed E-state index contributed by atoms with van der Waals surface area (Å²) in [6.07, 6.45) is 3.31. The quantitative estimate of drug-likeness (QED) is 0.690. The molecule has 1 aliphatic carbocycles. The topological polar surface area (TPSA) is 109 Å². The number of nitrogens with two attached hydrogens (primary N) is 2. The van der Waals surface area contributed by atoms with E-state index in [1.807, 2.05) is 4.90 Å². The zero-order chi connectivity index (χ0) is 20.9. The fraction of sp³-hybridized carbons (Fsp3) is 0.600. The first-order valence-electron chi connectivity index (χ1n) is 10.1. The molecule has 0 unspecified atom stereocenters. The summed E-state index contributed by atoms with van der Waals surface area (Å²) in [4.78, 5) is 27.2. The van der Waals surface area contributed by atoms with Gasteiger partial charge in [0, 0.05) is 44.5 Å². The van der Waals surface area contributed by atoms with E-state index in [0.717, 1.165) is 25.7 Å². The van der Waals surface area contributed by atoms with Gasteiger partial charge in [-0.05, 0) is 44.6 Å². The molecule has 2 fully saturated rings. The van der Waals surface area contributed by atoms with E-state index in [-0.39, 0.29) is 23.4 Å². The molecule has 2 heterocycles. The van der Waals surface area contributed by atoms with Crippen LogP contribution in [0.15, 0.2) is 15.7 Å². The Kier molecular flexibility index (Phi) is 5.12. The Morgan fingerprint density at radius 1 is 1.31 bits per heavy atom. The van der Waals surface area contributed by atoms with E-state index in [2.05, 4.69) is 0 Å². The molecule has 2 aromatic rings. The number of anilines is 1. The number of benzene rings is 1. The standard InChI is InChI=1S/C20H28FN5O3/c1-11-17-14(19(27)26(23)20(28)25(17)13-3-4-13)9-15(21)18(11)24-7-5-12(10-24)16(22)6-8-29-2/h9,12-13,16H,3-8,10,22-23H2,1-2H3/t12-,16-/m1/s1. The Morgan fingerprint density at radius 2 is 2.03 bits per heavy atom. The highest BCUT2D eigenvalue weighted by Gasteiger charge is 2.33. The zero-order valence-electron chi connectivity index (χ0n) is 16.9. The van der Waals surface area contributed by atoms with Gasteiger partial charge in [-0.2, -0.15) is 4.68 Å². The lowest BCUT2D eigenvalue weighted by Crippen LogP contribution is -2.44. The van der Waals surface area contributed by atoms with E-state index in [1.54, 1.807) is 18.6 Å². The number of hydrogen-bond acceptors (Lipinski definition) is 6. The first kappa shape index (κ1) is 19.9. The van der Waals surface area contributed by atoms with Gasteiger partial charge in [-0.3, -0.25) is 9.36 Å². The normalized spacial score (nSPS) is 20.6. The molecule has 1 aliphatic heterocycles. The SMILES string of the molecule is COCC[C@@H](N)[C@@H]1CCN(c2c(F)cc3c(=O)n(N)c(=O)n(C4CC4)c3c2C)C1. The van der Waals surface area contributed by atoms with Gasteiger partial charge >= 0.3 is 5.69 Å². The van der Waals surface area contributed by atoms with E-state index in [0.29, 0.717) is 41.1 Å². The Hall–Kier alpha value is -2.39. The Labute approximate surface area is 167 Å². The van der Waals surface area contributed by atoms with Crippen molar-refractivity contribution < 1.29 is 9.13 Å². The number of nitrogens with zero attached hydrogens (tertiary/aromatic N) is 3. The average molecular weight is 405 g/mol. The van der Waals surface area contributed by atoms with Gasteiger partial charge in [0.1, 0.15) is 5.82 Å². The largest absolute Gasteiger partial charge is 0.385 e. The molecule has 0 amide bonds. The van der Waals surface area contributed by atoms with Crippen molar-refractivity contribution in [1.29, 1.82) is 0 Å². The number of ether oxygens (including phenoxy) is 1. The molecule has 8 nitrogen and oxygen atoms in total. The van der Waals surface area contributed by atoms with Crippen molar-refractivity contribution in [3.8, 4) is 0 Å². The van der Waals surface area contributed by atoms with E-state index in [4.69, 9.17) is 16.3 Å². The van der Waals surface area contributed by atoms with Gasteiger partial charge in [0.2, 0.25) is 0 Å². The van der Waals surface area contributed by atoms with Crippen molar-refractivity contribution in [3.05, 3.63) is 38.3 Å². The number of hydrogen-bond donors (Lipinski definition) is 2. The summed E-state index contributed by atoms with van der Waals surface area (Å²) in [5.74, 6) is 5.45. The van der Waals surface area contributed by atoms with Crippen molar-refractivity contribution in [2.24, 2.45) is 11.7 Å². The molecule has 29 heavy (non-hydrogen) atoms. The number of fused-ring (bicyclic) bond motifs is 1. The van der Waals surface area contributed by atoms with Crippen LogP contribution >= 0.6 is 0 Å². The molecule has 1 saturated carbocycles. The summed E-state index contributed by atoms with van der Waals surface area (Å²) in [5, 5.41) is 0.144. The number of halogens is 1. The lowest BCUT2D eigenvalue weighted by Gasteiger charge is -2.25. The van der Waals surface area contributed by atoms with Crippen LogP contribution in [0.2, 0.25) is 0 Å². The lowest BCUT2D eigenvalue weighted by atomic mass is 9.97. The summed E-state index contributed by atoms with van der Waals surface area (Å²) in [5.41, 5.74) is 6.62. The molecule has 0 radical (unpaired) electrons. The highest BCUT2D eigenvalue weighted by Crippen LogP contribution is 2.39. The van der Waals surface area contributed by atoms with Crippen LogP contribution in [0.1, 0.15) is 37.3 Å². The monoisotopic (exact) mass is 405 g/mol. The minimum atomic E-state index is -0.670. The molecule has 4 rings (SSSR count). The van der Waals surface area contributed by atoms with Crippen LogP contribution in [-0.2, 0) is 4.74 Å². The Bertz CT molecular complexity index is 1060. The van der Waals surface area contributed by atoms with Crippen LogP contribution in [0.4, 0.5) is 10.1 Å². The third kappa shape index (κ3) is 3.32. The van der Waals surface area contributed by atoms with Crippen molar-refractivity contribution in [2.45, 2.75) is 44.7 Å². The number of rotatable bonds is 6. The van der Waals surface area contributed by atoms with Gasteiger partial charge < -0.3 is 21.2 Å². The van der Waals surface area contributed by atoms with E-state index < -0.39 is 17.1 Å². The smallest absolute Gasteiger partial charge is 0.350 e. The summed E-state index contributed by atoms with van der Waals surface area (Å²) < 4.78 is 22.4. The minimum absolute atomic E-state index is 0.00574. The molecular weight excluding hydrogens is 377 g/mol. The maximum absolute atomic E-state index is 15.2. The maximum atomic E-state index is 15.2. The van der Waals surface area contributed by atoms with E-state index >= 15 is 4.39 Å². The van der Waals surface area contributed by atoms with Gasteiger partial charge in [0.05, 0.1) is 16.6 Å². The molecule has 4 N–H and O–H groups in total. The van der Waals surface area contributed by atoms with Crippen molar-refractivity contribution >= 4 is 16.6 Å². The van der Waals surface area contributed by atoms with Crippen LogP contribution < -0.4 is 27.7 Å².